The zero-order chi connectivity index (χ0) is 23.4. The fraction of sp³-hybridized carbons (Fsp3) is 0.231. The van der Waals surface area contributed by atoms with Gasteiger partial charge in [0.15, 0.2) is 0 Å². The Hall–Kier alpha value is -3.61. The molecule has 0 radical (unpaired) electrons. The van der Waals surface area contributed by atoms with Crippen LogP contribution in [0.3, 0.4) is 0 Å². The number of ether oxygens (including phenoxy) is 1. The van der Waals surface area contributed by atoms with Gasteiger partial charge in [0.1, 0.15) is 11.9 Å². The molecule has 1 aliphatic rings. The molecule has 0 saturated carbocycles. The van der Waals surface area contributed by atoms with Gasteiger partial charge in [-0.1, -0.05) is 42.5 Å². The van der Waals surface area contributed by atoms with Gasteiger partial charge in [-0.25, -0.2) is 0 Å². The van der Waals surface area contributed by atoms with Gasteiger partial charge in [0.2, 0.25) is 0 Å². The fourth-order valence-corrected chi connectivity index (χ4v) is 3.89. The summed E-state index contributed by atoms with van der Waals surface area (Å²) in [4.78, 5) is 26.3. The van der Waals surface area contributed by atoms with Crippen LogP contribution in [0.25, 0.3) is 0 Å². The summed E-state index contributed by atoms with van der Waals surface area (Å²) in [5.41, 5.74) is 1.02. The minimum absolute atomic E-state index is 0.281. The lowest BCUT2D eigenvalue weighted by Gasteiger charge is -2.21. The van der Waals surface area contributed by atoms with Gasteiger partial charge in [-0.3, -0.25) is 14.5 Å². The minimum Gasteiger partial charge on any atom is -0.486 e. The predicted octanol–water partition coefficient (Wildman–Crippen LogP) is 6.29. The van der Waals surface area contributed by atoms with Crippen LogP contribution < -0.4 is 4.74 Å². The smallest absolute Gasteiger partial charge is 0.416 e. The van der Waals surface area contributed by atoms with E-state index in [9.17, 15) is 22.8 Å². The summed E-state index contributed by atoms with van der Waals surface area (Å²) in [6.07, 6.45) is -2.95. The molecule has 3 aromatic carbocycles. The van der Waals surface area contributed by atoms with Crippen LogP contribution in [0.15, 0.2) is 78.9 Å². The van der Waals surface area contributed by atoms with Gasteiger partial charge >= 0.3 is 6.18 Å². The van der Waals surface area contributed by atoms with E-state index in [1.165, 1.54) is 17.0 Å². The van der Waals surface area contributed by atoms with Crippen LogP contribution in [0.2, 0.25) is 0 Å². The second-order valence-corrected chi connectivity index (χ2v) is 7.84. The summed E-state index contributed by atoms with van der Waals surface area (Å²) >= 11 is 0. The maximum Gasteiger partial charge on any atom is 0.416 e. The van der Waals surface area contributed by atoms with Crippen LogP contribution in [0.5, 0.6) is 5.75 Å². The first-order chi connectivity index (χ1) is 15.8. The number of halogens is 3. The third-order valence-corrected chi connectivity index (χ3v) is 5.61. The van der Waals surface area contributed by atoms with Crippen molar-refractivity contribution in [3.05, 3.63) is 101 Å². The SMILES string of the molecule is O=C1c2ccccc2C(=O)N1CCCCC(Oc1ccc(C(F)(F)F)cc1)c1ccccc1. The number of alkyl halides is 3. The Morgan fingerprint density at radius 2 is 1.33 bits per heavy atom. The van der Waals surface area contributed by atoms with Crippen molar-refractivity contribution in [2.24, 2.45) is 0 Å². The molecule has 0 aromatic heterocycles. The Bertz CT molecular complexity index is 1090. The van der Waals surface area contributed by atoms with E-state index in [-0.39, 0.29) is 17.9 Å². The molecule has 4 rings (SSSR count). The van der Waals surface area contributed by atoms with Gasteiger partial charge in [-0.05, 0) is 61.2 Å². The average Bonchev–Trinajstić information content (AvgIpc) is 3.06. The third kappa shape index (κ3) is 5.08. The molecular weight excluding hydrogens is 431 g/mol. The molecule has 0 fully saturated rings. The average molecular weight is 453 g/mol. The van der Waals surface area contributed by atoms with E-state index in [1.54, 1.807) is 24.3 Å². The molecule has 0 saturated heterocycles. The maximum atomic E-state index is 12.8. The highest BCUT2D eigenvalue weighted by Crippen LogP contribution is 2.32. The number of rotatable bonds is 8. The predicted molar refractivity (Wildman–Crippen MR) is 117 cm³/mol. The van der Waals surface area contributed by atoms with Crippen molar-refractivity contribution in [1.29, 1.82) is 0 Å². The standard InChI is InChI=1S/C26H22F3NO3/c27-26(28,29)19-13-15-20(16-14-19)33-23(18-8-2-1-3-9-18)12-6-7-17-30-24(31)21-10-4-5-11-22(21)25(30)32/h1-5,8-11,13-16,23H,6-7,12,17H2. The highest BCUT2D eigenvalue weighted by molar-refractivity contribution is 6.21. The first kappa shape index (κ1) is 22.6. The van der Waals surface area contributed by atoms with Crippen molar-refractivity contribution in [1.82, 2.24) is 4.90 Å². The van der Waals surface area contributed by atoms with E-state index >= 15 is 0 Å². The number of unbranched alkanes of at least 4 members (excludes halogenated alkanes) is 1. The second-order valence-electron chi connectivity index (χ2n) is 7.84. The van der Waals surface area contributed by atoms with Crippen LogP contribution in [-0.2, 0) is 6.18 Å². The molecule has 1 aliphatic heterocycles. The van der Waals surface area contributed by atoms with Crippen molar-refractivity contribution in [2.75, 3.05) is 6.54 Å². The van der Waals surface area contributed by atoms with E-state index in [0.717, 1.165) is 17.7 Å². The molecule has 2 amide bonds. The fourth-order valence-electron chi connectivity index (χ4n) is 3.89. The molecule has 0 spiro atoms. The van der Waals surface area contributed by atoms with E-state index in [4.69, 9.17) is 4.74 Å². The summed E-state index contributed by atoms with van der Waals surface area (Å²) in [5.74, 6) is -0.218. The minimum atomic E-state index is -4.40. The summed E-state index contributed by atoms with van der Waals surface area (Å²) in [6.45, 7) is 0.300. The molecule has 4 nitrogen and oxygen atoms in total. The van der Waals surface area contributed by atoms with Gasteiger partial charge < -0.3 is 4.74 Å². The highest BCUT2D eigenvalue weighted by Gasteiger charge is 2.34. The molecule has 1 unspecified atom stereocenters. The Labute approximate surface area is 189 Å². The van der Waals surface area contributed by atoms with Gasteiger partial charge in [0.05, 0.1) is 16.7 Å². The van der Waals surface area contributed by atoms with E-state index in [2.05, 4.69) is 0 Å². The van der Waals surface area contributed by atoms with Gasteiger partial charge in [0.25, 0.3) is 11.8 Å². The van der Waals surface area contributed by atoms with Crippen LogP contribution in [-0.4, -0.2) is 23.3 Å². The first-order valence-corrected chi connectivity index (χ1v) is 10.7. The molecule has 33 heavy (non-hydrogen) atoms. The normalized spacial score (nSPS) is 14.3. The molecule has 1 atom stereocenters. The number of benzene rings is 3. The summed E-state index contributed by atoms with van der Waals surface area (Å²) < 4.78 is 44.5. The van der Waals surface area contributed by atoms with Gasteiger partial charge in [-0.15, -0.1) is 0 Å². The van der Waals surface area contributed by atoms with Crippen LogP contribution in [0.1, 0.15) is 57.2 Å². The van der Waals surface area contributed by atoms with Gasteiger partial charge in [0, 0.05) is 6.54 Å². The third-order valence-electron chi connectivity index (χ3n) is 5.61. The number of hydrogen-bond acceptors (Lipinski definition) is 3. The van der Waals surface area contributed by atoms with Crippen molar-refractivity contribution >= 4 is 11.8 Å². The lowest BCUT2D eigenvalue weighted by atomic mass is 10.0. The van der Waals surface area contributed by atoms with E-state index in [1.807, 2.05) is 30.3 Å². The number of hydrogen-bond donors (Lipinski definition) is 0. The number of imide groups is 1. The molecule has 7 heteroatoms. The topological polar surface area (TPSA) is 46.6 Å². The Kier molecular flexibility index (Phi) is 6.49. The quantitative estimate of drug-likeness (QED) is 0.297. The summed E-state index contributed by atoms with van der Waals surface area (Å²) in [5, 5.41) is 0. The zero-order valence-corrected chi connectivity index (χ0v) is 17.7. The molecular formula is C26H22F3NO3. The van der Waals surface area contributed by atoms with E-state index in [0.29, 0.717) is 42.7 Å². The molecule has 0 bridgehead atoms. The molecule has 1 heterocycles. The van der Waals surface area contributed by atoms with Gasteiger partial charge in [-0.2, -0.15) is 13.2 Å². The van der Waals surface area contributed by atoms with Crippen LogP contribution in [0, 0.1) is 0 Å². The molecule has 170 valence electrons. The highest BCUT2D eigenvalue weighted by atomic mass is 19.4. The summed E-state index contributed by atoms with van der Waals surface area (Å²) in [7, 11) is 0. The molecule has 3 aromatic rings. The lowest BCUT2D eigenvalue weighted by molar-refractivity contribution is -0.137. The second kappa shape index (κ2) is 9.48. The number of fused-ring (bicyclic) bond motifs is 1. The monoisotopic (exact) mass is 453 g/mol. The van der Waals surface area contributed by atoms with Crippen molar-refractivity contribution in [3.63, 3.8) is 0 Å². The van der Waals surface area contributed by atoms with E-state index < -0.39 is 11.7 Å². The largest absolute Gasteiger partial charge is 0.486 e. The zero-order valence-electron chi connectivity index (χ0n) is 17.7. The van der Waals surface area contributed by atoms with Crippen molar-refractivity contribution in [3.8, 4) is 5.75 Å². The Balaban J connectivity index is 1.38. The number of carbonyl (C=O) groups excluding carboxylic acids is 2. The number of carbonyl (C=O) groups is 2. The molecule has 0 aliphatic carbocycles. The lowest BCUT2D eigenvalue weighted by Crippen LogP contribution is -2.30. The number of nitrogens with zero attached hydrogens (tertiary/aromatic N) is 1. The van der Waals surface area contributed by atoms with Crippen molar-refractivity contribution in [2.45, 2.75) is 31.5 Å². The Morgan fingerprint density at radius 1 is 0.758 bits per heavy atom. The maximum absolute atomic E-state index is 12.8. The molecule has 0 N–H and O–H groups in total. The van der Waals surface area contributed by atoms with Crippen LogP contribution in [0.4, 0.5) is 13.2 Å². The first-order valence-electron chi connectivity index (χ1n) is 10.7. The summed E-state index contributed by atoms with van der Waals surface area (Å²) in [6, 6.07) is 20.8. The number of amides is 2. The van der Waals surface area contributed by atoms with Crippen LogP contribution >= 0.6 is 0 Å². The Morgan fingerprint density at radius 3 is 1.91 bits per heavy atom. The van der Waals surface area contributed by atoms with Crippen molar-refractivity contribution < 1.29 is 27.5 Å².